The van der Waals surface area contributed by atoms with Crippen molar-refractivity contribution in [2.24, 2.45) is 0 Å². The average Bonchev–Trinajstić information content (AvgIpc) is 2.19. The Morgan fingerprint density at radius 1 is 1.38 bits per heavy atom. The van der Waals surface area contributed by atoms with E-state index in [1.54, 1.807) is 6.20 Å². The molecule has 0 bridgehead atoms. The third-order valence-corrected chi connectivity index (χ3v) is 2.34. The lowest BCUT2D eigenvalue weighted by molar-refractivity contribution is 0.0845. The van der Waals surface area contributed by atoms with E-state index in [2.05, 4.69) is 9.97 Å². The molecule has 0 saturated carbocycles. The van der Waals surface area contributed by atoms with Crippen molar-refractivity contribution >= 4 is 5.95 Å². The first-order valence-corrected chi connectivity index (χ1v) is 4.52. The van der Waals surface area contributed by atoms with Gasteiger partial charge in [0, 0.05) is 31.0 Å². The first-order chi connectivity index (χ1) is 6.36. The highest BCUT2D eigenvalue weighted by Gasteiger charge is 2.16. The number of nitrogens with zero attached hydrogens (tertiary/aromatic N) is 2. The molecule has 0 aromatic carbocycles. The summed E-state index contributed by atoms with van der Waals surface area (Å²) < 4.78 is 5.28. The Balaban J connectivity index is 2.14. The van der Waals surface area contributed by atoms with Crippen LogP contribution in [0.15, 0.2) is 12.3 Å². The van der Waals surface area contributed by atoms with Crippen LogP contribution in [-0.2, 0) is 4.74 Å². The maximum atomic E-state index is 5.51. The van der Waals surface area contributed by atoms with Crippen molar-refractivity contribution in [1.29, 1.82) is 0 Å². The van der Waals surface area contributed by atoms with Crippen molar-refractivity contribution in [1.82, 2.24) is 9.97 Å². The van der Waals surface area contributed by atoms with Crippen molar-refractivity contribution in [2.45, 2.75) is 18.8 Å². The zero-order chi connectivity index (χ0) is 9.10. The second-order valence-electron chi connectivity index (χ2n) is 3.23. The summed E-state index contributed by atoms with van der Waals surface area (Å²) in [7, 11) is 0. The molecule has 1 fully saturated rings. The lowest BCUT2D eigenvalue weighted by Crippen LogP contribution is -2.15. The quantitative estimate of drug-likeness (QED) is 0.697. The Bertz CT molecular complexity index is 284. The Morgan fingerprint density at radius 2 is 2.15 bits per heavy atom. The summed E-state index contributed by atoms with van der Waals surface area (Å²) in [6.45, 7) is 1.66. The highest BCUT2D eigenvalue weighted by atomic mass is 16.5. The number of hydrogen-bond acceptors (Lipinski definition) is 4. The van der Waals surface area contributed by atoms with Crippen LogP contribution in [0.4, 0.5) is 5.95 Å². The van der Waals surface area contributed by atoms with Crippen LogP contribution in [-0.4, -0.2) is 23.2 Å². The maximum absolute atomic E-state index is 5.51. The number of anilines is 1. The highest BCUT2D eigenvalue weighted by molar-refractivity contribution is 5.19. The molecule has 1 aliphatic rings. The van der Waals surface area contributed by atoms with Crippen LogP contribution in [0.25, 0.3) is 0 Å². The van der Waals surface area contributed by atoms with E-state index < -0.39 is 0 Å². The standard InChI is InChI=1S/C9H13N3O/c10-9-11-4-1-8(12-9)7-2-5-13-6-3-7/h1,4,7H,2-3,5-6H2,(H2,10,11,12). The van der Waals surface area contributed by atoms with E-state index in [1.165, 1.54) is 0 Å². The molecule has 1 saturated heterocycles. The number of rotatable bonds is 1. The van der Waals surface area contributed by atoms with Crippen molar-refractivity contribution in [2.75, 3.05) is 18.9 Å². The maximum Gasteiger partial charge on any atom is 0.220 e. The summed E-state index contributed by atoms with van der Waals surface area (Å²) in [4.78, 5) is 8.08. The summed E-state index contributed by atoms with van der Waals surface area (Å²) >= 11 is 0. The second kappa shape index (κ2) is 3.70. The molecule has 0 unspecified atom stereocenters. The zero-order valence-corrected chi connectivity index (χ0v) is 7.44. The lowest BCUT2D eigenvalue weighted by Gasteiger charge is -2.21. The summed E-state index contributed by atoms with van der Waals surface area (Å²) in [5, 5.41) is 0. The van der Waals surface area contributed by atoms with Gasteiger partial charge in [-0.25, -0.2) is 9.97 Å². The van der Waals surface area contributed by atoms with Gasteiger partial charge < -0.3 is 10.5 Å². The molecule has 2 heterocycles. The molecule has 4 nitrogen and oxygen atoms in total. The van der Waals surface area contributed by atoms with Gasteiger partial charge in [-0.2, -0.15) is 0 Å². The van der Waals surface area contributed by atoms with Crippen LogP contribution in [0, 0.1) is 0 Å². The van der Waals surface area contributed by atoms with Gasteiger partial charge in [0.25, 0.3) is 0 Å². The molecule has 70 valence electrons. The minimum absolute atomic E-state index is 0.365. The Kier molecular flexibility index (Phi) is 2.40. The predicted molar refractivity (Wildman–Crippen MR) is 49.2 cm³/mol. The number of hydrogen-bond donors (Lipinski definition) is 1. The summed E-state index contributed by atoms with van der Waals surface area (Å²) in [6, 6.07) is 1.94. The fourth-order valence-corrected chi connectivity index (χ4v) is 1.61. The Morgan fingerprint density at radius 3 is 2.85 bits per heavy atom. The molecule has 0 aliphatic carbocycles. The fourth-order valence-electron chi connectivity index (χ4n) is 1.61. The molecule has 0 amide bonds. The number of ether oxygens (including phenoxy) is 1. The van der Waals surface area contributed by atoms with E-state index in [0.717, 1.165) is 31.7 Å². The molecule has 4 heteroatoms. The van der Waals surface area contributed by atoms with Gasteiger partial charge in [0.1, 0.15) is 0 Å². The average molecular weight is 179 g/mol. The van der Waals surface area contributed by atoms with Gasteiger partial charge >= 0.3 is 0 Å². The van der Waals surface area contributed by atoms with Crippen LogP contribution in [0.3, 0.4) is 0 Å². The Hall–Kier alpha value is -1.16. The van der Waals surface area contributed by atoms with Crippen LogP contribution >= 0.6 is 0 Å². The van der Waals surface area contributed by atoms with Gasteiger partial charge in [-0.1, -0.05) is 0 Å². The normalized spacial score (nSPS) is 18.8. The van der Waals surface area contributed by atoms with Crippen molar-refractivity contribution in [3.8, 4) is 0 Å². The minimum Gasteiger partial charge on any atom is -0.381 e. The molecule has 2 N–H and O–H groups in total. The van der Waals surface area contributed by atoms with Gasteiger partial charge in [-0.3, -0.25) is 0 Å². The van der Waals surface area contributed by atoms with E-state index in [0.29, 0.717) is 11.9 Å². The third kappa shape index (κ3) is 1.95. The molecule has 0 spiro atoms. The summed E-state index contributed by atoms with van der Waals surface area (Å²) in [5.41, 5.74) is 6.56. The predicted octanol–water partition coefficient (Wildman–Crippen LogP) is 0.953. The first kappa shape index (κ1) is 8.44. The largest absolute Gasteiger partial charge is 0.381 e. The highest BCUT2D eigenvalue weighted by Crippen LogP contribution is 2.24. The molecule has 0 atom stereocenters. The first-order valence-electron chi connectivity index (χ1n) is 4.52. The summed E-state index contributed by atoms with van der Waals surface area (Å²) in [6.07, 6.45) is 3.79. The number of nitrogen functional groups attached to an aromatic ring is 1. The summed E-state index contributed by atoms with van der Waals surface area (Å²) in [5.74, 6) is 0.864. The van der Waals surface area contributed by atoms with Crippen molar-refractivity contribution < 1.29 is 4.74 Å². The van der Waals surface area contributed by atoms with Gasteiger partial charge in [0.15, 0.2) is 0 Å². The van der Waals surface area contributed by atoms with Gasteiger partial charge in [-0.05, 0) is 18.9 Å². The van der Waals surface area contributed by atoms with E-state index >= 15 is 0 Å². The van der Waals surface area contributed by atoms with Gasteiger partial charge in [0.2, 0.25) is 5.95 Å². The van der Waals surface area contributed by atoms with E-state index in [-0.39, 0.29) is 0 Å². The molecule has 1 aliphatic heterocycles. The van der Waals surface area contributed by atoms with E-state index in [1.807, 2.05) is 6.07 Å². The molecule has 2 rings (SSSR count). The molecule has 1 aromatic rings. The van der Waals surface area contributed by atoms with Crippen molar-refractivity contribution in [3.63, 3.8) is 0 Å². The molecule has 13 heavy (non-hydrogen) atoms. The van der Waals surface area contributed by atoms with Crippen LogP contribution in [0.2, 0.25) is 0 Å². The van der Waals surface area contributed by atoms with Crippen molar-refractivity contribution in [3.05, 3.63) is 18.0 Å². The lowest BCUT2D eigenvalue weighted by atomic mass is 9.96. The van der Waals surface area contributed by atoms with E-state index in [9.17, 15) is 0 Å². The molecule has 0 radical (unpaired) electrons. The van der Waals surface area contributed by atoms with E-state index in [4.69, 9.17) is 10.5 Å². The van der Waals surface area contributed by atoms with Gasteiger partial charge in [0.05, 0.1) is 0 Å². The smallest absolute Gasteiger partial charge is 0.220 e. The second-order valence-corrected chi connectivity index (χ2v) is 3.23. The molecular weight excluding hydrogens is 166 g/mol. The number of nitrogens with two attached hydrogens (primary N) is 1. The SMILES string of the molecule is Nc1nccc(C2CCOCC2)n1. The van der Waals surface area contributed by atoms with Crippen LogP contribution in [0.1, 0.15) is 24.5 Å². The topological polar surface area (TPSA) is 61.0 Å². The monoisotopic (exact) mass is 179 g/mol. The zero-order valence-electron chi connectivity index (χ0n) is 7.44. The Labute approximate surface area is 77.1 Å². The molecule has 1 aromatic heterocycles. The fraction of sp³-hybridized carbons (Fsp3) is 0.556. The number of aromatic nitrogens is 2. The minimum atomic E-state index is 0.365. The van der Waals surface area contributed by atoms with Crippen LogP contribution in [0.5, 0.6) is 0 Å². The molecular formula is C9H13N3O. The third-order valence-electron chi connectivity index (χ3n) is 2.34. The van der Waals surface area contributed by atoms with Crippen LogP contribution < -0.4 is 5.73 Å². The van der Waals surface area contributed by atoms with Gasteiger partial charge in [-0.15, -0.1) is 0 Å².